The molecular weight excluding hydrogens is 775 g/mol. The zero-order valence-corrected chi connectivity index (χ0v) is 32.3. The molecule has 0 fully saturated rings. The first-order valence-corrected chi connectivity index (χ1v) is 19.4. The molecule has 2 amide bonds. The molecular formula is C38H41N8O11P. The number of nitrogens with one attached hydrogen (secondary N) is 4. The van der Waals surface area contributed by atoms with Crippen molar-refractivity contribution >= 4 is 60.1 Å². The molecule has 2 heterocycles. The number of carboxylic acid groups (broad SMARTS) is 1. The number of ether oxygens (including phenoxy) is 1. The van der Waals surface area contributed by atoms with E-state index in [4.69, 9.17) is 24.0 Å². The van der Waals surface area contributed by atoms with E-state index in [9.17, 15) is 33.6 Å². The van der Waals surface area contributed by atoms with Crippen LogP contribution in [-0.2, 0) is 40.7 Å². The third-order valence-electron chi connectivity index (χ3n) is 8.14. The van der Waals surface area contributed by atoms with Gasteiger partial charge in [0.05, 0.1) is 43.8 Å². The van der Waals surface area contributed by atoms with Crippen molar-refractivity contribution in [1.29, 1.82) is 0 Å². The summed E-state index contributed by atoms with van der Waals surface area (Å²) < 4.78 is 33.5. The minimum absolute atomic E-state index is 0.0329. The smallest absolute Gasteiger partial charge is 0.474 e. The fourth-order valence-electron chi connectivity index (χ4n) is 5.33. The highest BCUT2D eigenvalue weighted by atomic mass is 31.2. The van der Waals surface area contributed by atoms with Crippen LogP contribution in [0.5, 0.6) is 5.75 Å². The average molecular weight is 817 g/mol. The van der Waals surface area contributed by atoms with Gasteiger partial charge in [-0.1, -0.05) is 24.3 Å². The molecule has 5 rings (SSSR count). The van der Waals surface area contributed by atoms with Crippen LogP contribution >= 0.6 is 7.82 Å². The second kappa shape index (κ2) is 20.1. The van der Waals surface area contributed by atoms with Gasteiger partial charge in [-0.2, -0.15) is 4.98 Å². The van der Waals surface area contributed by atoms with Gasteiger partial charge in [-0.05, 0) is 80.8 Å². The monoisotopic (exact) mass is 816 g/mol. The van der Waals surface area contributed by atoms with Crippen LogP contribution in [0.4, 0.5) is 17.3 Å². The van der Waals surface area contributed by atoms with Gasteiger partial charge in [0.25, 0.3) is 11.8 Å². The number of H-pyrrole nitrogens is 1. The van der Waals surface area contributed by atoms with E-state index in [0.717, 1.165) is 5.56 Å². The Labute approximate surface area is 331 Å². The quantitative estimate of drug-likeness (QED) is 0.0359. The maximum absolute atomic E-state index is 13.2. The molecule has 3 aromatic carbocycles. The number of phosphoric acid groups is 1. The van der Waals surface area contributed by atoms with Gasteiger partial charge in [0.1, 0.15) is 11.8 Å². The summed E-state index contributed by atoms with van der Waals surface area (Å²) >= 11 is 0. The summed E-state index contributed by atoms with van der Waals surface area (Å²) in [6.07, 6.45) is 1.18. The molecule has 0 aliphatic heterocycles. The summed E-state index contributed by atoms with van der Waals surface area (Å²) in [6.45, 7) is 3.99. The van der Waals surface area contributed by atoms with E-state index < -0.39 is 49.6 Å². The Bertz CT molecular complexity index is 2350. The first-order valence-electron chi connectivity index (χ1n) is 18.0. The number of esters is 1. The van der Waals surface area contributed by atoms with E-state index in [2.05, 4.69) is 35.9 Å². The number of carbonyl (C=O) groups excluding carboxylic acids is 3. The van der Waals surface area contributed by atoms with E-state index in [-0.39, 0.29) is 66.8 Å². The van der Waals surface area contributed by atoms with Crippen molar-refractivity contribution in [3.63, 3.8) is 0 Å². The number of carboxylic acids is 1. The van der Waals surface area contributed by atoms with Gasteiger partial charge in [0.2, 0.25) is 5.95 Å². The van der Waals surface area contributed by atoms with Crippen molar-refractivity contribution in [3.05, 3.63) is 112 Å². The predicted molar refractivity (Wildman–Crippen MR) is 211 cm³/mol. The molecule has 5 aromatic rings. The normalized spacial score (nSPS) is 11.8. The van der Waals surface area contributed by atoms with Crippen LogP contribution in [0.3, 0.4) is 0 Å². The number of anilines is 3. The third-order valence-corrected chi connectivity index (χ3v) is 9.78. The fourth-order valence-corrected chi connectivity index (χ4v) is 6.50. The SMILES string of the molecule is CCOP(=O)(OCC)OCCc1ccc(NC(=O)c2ccccc2OC(=O)CC[C@H](NC(=O)c2ccc(NCc3cnc4[nH]c(N)nc(=O)c4n3)cc2)C(=O)O)cc1. The number of aliphatic carboxylic acids is 1. The van der Waals surface area contributed by atoms with E-state index in [1.165, 1.54) is 30.5 Å². The van der Waals surface area contributed by atoms with Crippen LogP contribution < -0.4 is 32.0 Å². The lowest BCUT2D eigenvalue weighted by atomic mass is 10.1. The minimum Gasteiger partial charge on any atom is -0.480 e. The summed E-state index contributed by atoms with van der Waals surface area (Å²) in [4.78, 5) is 77.7. The largest absolute Gasteiger partial charge is 0.480 e. The molecule has 0 spiro atoms. The Morgan fingerprint density at radius 1 is 0.897 bits per heavy atom. The molecule has 20 heteroatoms. The van der Waals surface area contributed by atoms with E-state index in [1.54, 1.807) is 62.4 Å². The molecule has 0 saturated heterocycles. The molecule has 0 unspecified atom stereocenters. The predicted octanol–water partition coefficient (Wildman–Crippen LogP) is 4.47. The van der Waals surface area contributed by atoms with Gasteiger partial charge in [-0.3, -0.25) is 32.7 Å². The molecule has 0 saturated carbocycles. The second-order valence-electron chi connectivity index (χ2n) is 12.3. The molecule has 0 radical (unpaired) electrons. The minimum atomic E-state index is -3.63. The lowest BCUT2D eigenvalue weighted by molar-refractivity contribution is -0.140. The average Bonchev–Trinajstić information content (AvgIpc) is 3.19. The van der Waals surface area contributed by atoms with E-state index >= 15 is 0 Å². The topological polar surface area (TPSA) is 276 Å². The Balaban J connectivity index is 1.09. The zero-order valence-electron chi connectivity index (χ0n) is 31.4. The van der Waals surface area contributed by atoms with Crippen molar-refractivity contribution in [1.82, 2.24) is 25.3 Å². The summed E-state index contributed by atoms with van der Waals surface area (Å²) in [5.74, 6) is -3.54. The molecule has 2 aromatic heterocycles. The number of fused-ring (bicyclic) bond motifs is 1. The lowest BCUT2D eigenvalue weighted by Crippen LogP contribution is -2.41. The third kappa shape index (κ3) is 12.0. The summed E-state index contributed by atoms with van der Waals surface area (Å²) in [6, 6.07) is 17.6. The number of rotatable bonds is 20. The number of aromatic nitrogens is 4. The Morgan fingerprint density at radius 2 is 1.59 bits per heavy atom. The van der Waals surface area contributed by atoms with Gasteiger partial charge in [0, 0.05) is 23.4 Å². The van der Waals surface area contributed by atoms with Gasteiger partial charge in [0.15, 0.2) is 11.2 Å². The van der Waals surface area contributed by atoms with E-state index in [1.807, 2.05) is 0 Å². The van der Waals surface area contributed by atoms with Crippen LogP contribution in [0.1, 0.15) is 58.7 Å². The van der Waals surface area contributed by atoms with Gasteiger partial charge >= 0.3 is 25.3 Å². The van der Waals surface area contributed by atoms with Crippen LogP contribution in [0.2, 0.25) is 0 Å². The van der Waals surface area contributed by atoms with Crippen molar-refractivity contribution in [2.45, 2.75) is 45.7 Å². The second-order valence-corrected chi connectivity index (χ2v) is 14.0. The standard InChI is InChI=1S/C38H41N8O11P/c1-3-54-58(53,55-4-2)56-20-19-23-9-13-26(14-10-23)43-35(49)28-7-5-6-8-30(28)57-31(47)18-17-29(37(51)52)44-34(48)24-11-15-25(16-12-24)40-21-27-22-41-33-32(42-27)36(50)46-38(39)45-33/h5-16,22,29,40H,3-4,17-21H2,1-2H3,(H,43,49)(H,44,48)(H,51,52)(H3,39,41,45,46,50)/t29-/m0/s1. The highest BCUT2D eigenvalue weighted by Gasteiger charge is 2.25. The number of para-hydroxylation sites is 1. The Morgan fingerprint density at radius 3 is 2.28 bits per heavy atom. The van der Waals surface area contributed by atoms with E-state index in [0.29, 0.717) is 23.5 Å². The summed E-state index contributed by atoms with van der Waals surface area (Å²) in [7, 11) is -3.63. The molecule has 0 bridgehead atoms. The number of phosphoric ester groups is 1. The van der Waals surface area contributed by atoms with Crippen LogP contribution in [0.25, 0.3) is 11.2 Å². The number of hydrogen-bond acceptors (Lipinski definition) is 15. The fraction of sp³-hybridized carbons (Fsp3) is 0.263. The number of carbonyl (C=O) groups is 4. The number of nitrogens with two attached hydrogens (primary N) is 1. The van der Waals surface area contributed by atoms with Crippen LogP contribution in [0.15, 0.2) is 83.8 Å². The molecule has 19 nitrogen and oxygen atoms in total. The molecule has 1 atom stereocenters. The highest BCUT2D eigenvalue weighted by Crippen LogP contribution is 2.49. The number of nitrogen functional groups attached to an aromatic ring is 1. The van der Waals surface area contributed by atoms with Gasteiger partial charge < -0.3 is 36.5 Å². The lowest BCUT2D eigenvalue weighted by Gasteiger charge is -2.16. The first kappa shape index (κ1) is 42.6. The van der Waals surface area contributed by atoms with Crippen molar-refractivity contribution in [2.75, 3.05) is 36.2 Å². The molecule has 58 heavy (non-hydrogen) atoms. The summed E-state index contributed by atoms with van der Waals surface area (Å²) in [5, 5.41) is 18.0. The number of amides is 2. The first-order chi connectivity index (χ1) is 27.9. The maximum Gasteiger partial charge on any atom is 0.474 e. The zero-order chi connectivity index (χ0) is 41.7. The number of benzene rings is 3. The van der Waals surface area contributed by atoms with Gasteiger partial charge in [-0.25, -0.2) is 19.3 Å². The van der Waals surface area contributed by atoms with Crippen LogP contribution in [-0.4, -0.2) is 74.7 Å². The van der Waals surface area contributed by atoms with Crippen molar-refractivity contribution < 1.29 is 47.2 Å². The molecule has 0 aliphatic carbocycles. The number of nitrogens with zero attached hydrogens (tertiary/aromatic N) is 3. The van der Waals surface area contributed by atoms with Crippen molar-refractivity contribution in [2.24, 2.45) is 0 Å². The summed E-state index contributed by atoms with van der Waals surface area (Å²) in [5.41, 5.74) is 7.71. The number of hydrogen-bond donors (Lipinski definition) is 6. The van der Waals surface area contributed by atoms with Crippen molar-refractivity contribution in [3.8, 4) is 5.75 Å². The Kier molecular flexibility index (Phi) is 14.7. The molecule has 304 valence electrons. The van der Waals surface area contributed by atoms with Crippen LogP contribution in [0, 0.1) is 0 Å². The number of aromatic amines is 1. The highest BCUT2D eigenvalue weighted by molar-refractivity contribution is 7.48. The van der Waals surface area contributed by atoms with Gasteiger partial charge in [-0.15, -0.1) is 0 Å². The molecule has 7 N–H and O–H groups in total. The maximum atomic E-state index is 13.2. The Hall–Kier alpha value is -6.53. The molecule has 0 aliphatic rings.